The SMILES string of the molecule is FC(F)(F)c1ccc(-c2cc(Cl)cc(CCl)c2)cc1. The lowest BCUT2D eigenvalue weighted by Gasteiger charge is -2.09. The fourth-order valence-corrected chi connectivity index (χ4v) is 2.16. The molecule has 0 heterocycles. The van der Waals surface area contributed by atoms with Crippen molar-refractivity contribution in [1.82, 2.24) is 0 Å². The summed E-state index contributed by atoms with van der Waals surface area (Å²) in [6.07, 6.45) is -4.33. The van der Waals surface area contributed by atoms with Gasteiger partial charge in [-0.2, -0.15) is 13.2 Å². The van der Waals surface area contributed by atoms with Gasteiger partial charge in [-0.3, -0.25) is 0 Å². The maximum atomic E-state index is 12.5. The molecule has 0 unspecified atom stereocenters. The van der Waals surface area contributed by atoms with Crippen LogP contribution in [0.2, 0.25) is 5.02 Å². The van der Waals surface area contributed by atoms with Gasteiger partial charge in [0.25, 0.3) is 0 Å². The van der Waals surface area contributed by atoms with Crippen LogP contribution in [0.1, 0.15) is 11.1 Å². The van der Waals surface area contributed by atoms with E-state index in [1.165, 1.54) is 12.1 Å². The van der Waals surface area contributed by atoms with E-state index in [4.69, 9.17) is 23.2 Å². The fourth-order valence-electron chi connectivity index (χ4n) is 1.75. The Morgan fingerprint density at radius 2 is 1.53 bits per heavy atom. The lowest BCUT2D eigenvalue weighted by atomic mass is 10.0. The molecule has 0 atom stereocenters. The van der Waals surface area contributed by atoms with Gasteiger partial charge in [0.15, 0.2) is 0 Å². The Morgan fingerprint density at radius 3 is 2.05 bits per heavy atom. The van der Waals surface area contributed by atoms with Crippen LogP contribution in [0.4, 0.5) is 13.2 Å². The minimum atomic E-state index is -4.33. The summed E-state index contributed by atoms with van der Waals surface area (Å²) in [5.41, 5.74) is 1.57. The minimum Gasteiger partial charge on any atom is -0.166 e. The van der Waals surface area contributed by atoms with Crippen molar-refractivity contribution in [2.45, 2.75) is 12.1 Å². The summed E-state index contributed by atoms with van der Waals surface area (Å²) in [7, 11) is 0. The predicted octanol–water partition coefficient (Wildman–Crippen LogP) is 5.76. The number of alkyl halides is 4. The molecule has 0 radical (unpaired) electrons. The lowest BCUT2D eigenvalue weighted by Crippen LogP contribution is -2.03. The van der Waals surface area contributed by atoms with Gasteiger partial charge in [0.05, 0.1) is 5.56 Å². The summed E-state index contributed by atoms with van der Waals surface area (Å²) in [4.78, 5) is 0. The molecule has 2 aromatic rings. The first kappa shape index (κ1) is 14.2. The van der Waals surface area contributed by atoms with E-state index in [9.17, 15) is 13.2 Å². The zero-order valence-corrected chi connectivity index (χ0v) is 11.2. The third-order valence-corrected chi connectivity index (χ3v) is 3.18. The van der Waals surface area contributed by atoms with Gasteiger partial charge in [0, 0.05) is 10.9 Å². The number of halogens is 5. The summed E-state index contributed by atoms with van der Waals surface area (Å²) >= 11 is 11.7. The summed E-state index contributed by atoms with van der Waals surface area (Å²) in [5.74, 6) is 0.300. The minimum absolute atomic E-state index is 0.300. The van der Waals surface area contributed by atoms with Crippen LogP contribution in [-0.4, -0.2) is 0 Å². The average molecular weight is 305 g/mol. The second kappa shape index (κ2) is 5.43. The summed E-state index contributed by atoms with van der Waals surface area (Å²) in [6.45, 7) is 0. The molecule has 2 aromatic carbocycles. The normalized spacial score (nSPS) is 11.6. The summed E-state index contributed by atoms with van der Waals surface area (Å²) in [6, 6.07) is 10.2. The Labute approximate surface area is 118 Å². The highest BCUT2D eigenvalue weighted by molar-refractivity contribution is 6.31. The van der Waals surface area contributed by atoms with Crippen molar-refractivity contribution < 1.29 is 13.2 Å². The zero-order chi connectivity index (χ0) is 14.0. The van der Waals surface area contributed by atoms with Crippen LogP contribution in [0.3, 0.4) is 0 Å². The maximum absolute atomic E-state index is 12.5. The third-order valence-electron chi connectivity index (χ3n) is 2.66. The van der Waals surface area contributed by atoms with E-state index >= 15 is 0 Å². The molecule has 0 N–H and O–H groups in total. The van der Waals surface area contributed by atoms with E-state index in [0.29, 0.717) is 16.5 Å². The average Bonchev–Trinajstić information content (AvgIpc) is 2.37. The van der Waals surface area contributed by atoms with Gasteiger partial charge in [-0.15, -0.1) is 11.6 Å². The van der Waals surface area contributed by atoms with Gasteiger partial charge in [-0.25, -0.2) is 0 Å². The van der Waals surface area contributed by atoms with Gasteiger partial charge < -0.3 is 0 Å². The maximum Gasteiger partial charge on any atom is 0.416 e. The largest absolute Gasteiger partial charge is 0.416 e. The van der Waals surface area contributed by atoms with Crippen LogP contribution in [0.15, 0.2) is 42.5 Å². The lowest BCUT2D eigenvalue weighted by molar-refractivity contribution is -0.137. The smallest absolute Gasteiger partial charge is 0.166 e. The first-order valence-corrected chi connectivity index (χ1v) is 6.34. The number of hydrogen-bond acceptors (Lipinski definition) is 0. The summed E-state index contributed by atoms with van der Waals surface area (Å²) < 4.78 is 37.4. The Bertz CT molecular complexity index is 574. The molecule has 100 valence electrons. The van der Waals surface area contributed by atoms with E-state index in [1.54, 1.807) is 12.1 Å². The van der Waals surface area contributed by atoms with Crippen molar-refractivity contribution in [1.29, 1.82) is 0 Å². The second-order valence-corrected chi connectivity index (χ2v) is 4.76. The van der Waals surface area contributed by atoms with Crippen molar-refractivity contribution in [3.63, 3.8) is 0 Å². The van der Waals surface area contributed by atoms with E-state index in [-0.39, 0.29) is 0 Å². The molecule has 2 rings (SSSR count). The molecular weight excluding hydrogens is 296 g/mol. The Morgan fingerprint density at radius 1 is 0.895 bits per heavy atom. The molecule has 19 heavy (non-hydrogen) atoms. The topological polar surface area (TPSA) is 0 Å². The quantitative estimate of drug-likeness (QED) is 0.618. The molecule has 0 spiro atoms. The molecule has 0 bridgehead atoms. The molecule has 0 amide bonds. The fraction of sp³-hybridized carbons (Fsp3) is 0.143. The number of benzene rings is 2. The highest BCUT2D eigenvalue weighted by Gasteiger charge is 2.29. The Balaban J connectivity index is 2.40. The van der Waals surface area contributed by atoms with Gasteiger partial charge in [0.1, 0.15) is 0 Å². The second-order valence-electron chi connectivity index (χ2n) is 4.06. The van der Waals surface area contributed by atoms with Crippen molar-refractivity contribution in [2.75, 3.05) is 0 Å². The van der Waals surface area contributed by atoms with Crippen LogP contribution >= 0.6 is 23.2 Å². The highest BCUT2D eigenvalue weighted by Crippen LogP contribution is 2.32. The molecule has 0 aliphatic heterocycles. The van der Waals surface area contributed by atoms with Crippen molar-refractivity contribution in [3.8, 4) is 11.1 Å². The van der Waals surface area contributed by atoms with Crippen molar-refractivity contribution in [3.05, 3.63) is 58.6 Å². The van der Waals surface area contributed by atoms with Crippen LogP contribution in [0.5, 0.6) is 0 Å². The molecule has 5 heteroatoms. The highest BCUT2D eigenvalue weighted by atomic mass is 35.5. The van der Waals surface area contributed by atoms with E-state index in [2.05, 4.69) is 0 Å². The number of hydrogen-bond donors (Lipinski definition) is 0. The van der Waals surface area contributed by atoms with Gasteiger partial charge in [-0.05, 0) is 47.0 Å². The zero-order valence-electron chi connectivity index (χ0n) is 9.64. The van der Waals surface area contributed by atoms with E-state index < -0.39 is 11.7 Å². The van der Waals surface area contributed by atoms with E-state index in [1.807, 2.05) is 6.07 Å². The first-order valence-electron chi connectivity index (χ1n) is 5.43. The Kier molecular flexibility index (Phi) is 4.07. The molecule has 0 saturated carbocycles. The van der Waals surface area contributed by atoms with Crippen LogP contribution in [0, 0.1) is 0 Å². The van der Waals surface area contributed by atoms with Crippen molar-refractivity contribution in [2.24, 2.45) is 0 Å². The Hall–Kier alpha value is -1.19. The molecule has 0 fully saturated rings. The molecule has 0 aliphatic carbocycles. The monoisotopic (exact) mass is 304 g/mol. The van der Waals surface area contributed by atoms with Gasteiger partial charge in [0.2, 0.25) is 0 Å². The van der Waals surface area contributed by atoms with Crippen molar-refractivity contribution >= 4 is 23.2 Å². The van der Waals surface area contributed by atoms with Gasteiger partial charge >= 0.3 is 6.18 Å². The molecular formula is C14H9Cl2F3. The molecule has 0 saturated heterocycles. The van der Waals surface area contributed by atoms with Crippen LogP contribution < -0.4 is 0 Å². The van der Waals surface area contributed by atoms with E-state index in [0.717, 1.165) is 23.3 Å². The summed E-state index contributed by atoms with van der Waals surface area (Å²) in [5, 5.41) is 0.507. The third kappa shape index (κ3) is 3.43. The molecule has 0 nitrogen and oxygen atoms in total. The molecule has 0 aliphatic rings. The van der Waals surface area contributed by atoms with Gasteiger partial charge in [-0.1, -0.05) is 23.7 Å². The standard InChI is InChI=1S/C14H9Cl2F3/c15-8-9-5-11(7-13(16)6-9)10-1-3-12(4-2-10)14(17,18)19/h1-7H,8H2. The van der Waals surface area contributed by atoms with Crippen LogP contribution in [0.25, 0.3) is 11.1 Å². The first-order chi connectivity index (χ1) is 8.90. The molecule has 0 aromatic heterocycles. The predicted molar refractivity (Wildman–Crippen MR) is 71.4 cm³/mol. The van der Waals surface area contributed by atoms with Crippen LogP contribution in [-0.2, 0) is 12.1 Å². The number of rotatable bonds is 2.